The van der Waals surface area contributed by atoms with Crippen LogP contribution in [0.1, 0.15) is 0 Å². The van der Waals surface area contributed by atoms with Gasteiger partial charge in [-0.05, 0) is 111 Å². The van der Waals surface area contributed by atoms with Gasteiger partial charge in [0.2, 0.25) is 0 Å². The molecule has 0 amide bonds. The van der Waals surface area contributed by atoms with Crippen LogP contribution in [0.15, 0.2) is 231 Å². The van der Waals surface area contributed by atoms with Crippen LogP contribution in [0.3, 0.4) is 0 Å². The van der Waals surface area contributed by atoms with Crippen molar-refractivity contribution in [2.24, 2.45) is 0 Å². The Hall–Kier alpha value is -8.73. The van der Waals surface area contributed by atoms with E-state index in [1.165, 1.54) is 87.1 Å². The fourth-order valence-corrected chi connectivity index (χ4v) is 10.8. The first kappa shape index (κ1) is 35.8. The zero-order valence-corrected chi connectivity index (χ0v) is 35.2. The van der Waals surface area contributed by atoms with Crippen LogP contribution in [-0.4, -0.2) is 18.7 Å². The van der Waals surface area contributed by atoms with Crippen LogP contribution in [0.25, 0.3) is 127 Å². The Kier molecular flexibility index (Phi) is 7.65. The molecule has 0 unspecified atom stereocenters. The highest BCUT2D eigenvalue weighted by Crippen LogP contribution is 2.47. The van der Waals surface area contributed by atoms with Crippen molar-refractivity contribution in [2.75, 3.05) is 0 Å². The van der Waals surface area contributed by atoms with E-state index in [1.807, 2.05) is 0 Å². The molecule has 11 aromatic carbocycles. The van der Waals surface area contributed by atoms with E-state index in [-0.39, 0.29) is 0 Å². The number of rotatable bonds is 5. The SMILES string of the molecule is c1ccc(-c2nc3ccccc3n2-c2ccc(-c3cc4c5ccccc5c5c6ccccc6n(-c6ccc7c(c6)c6ccccc6n7-c6ccccc6)c5c4c4ccccc34)cc2)cc1. The molecule has 0 radical (unpaired) electrons. The second-order valence-electron chi connectivity index (χ2n) is 17.1. The number of hydrogen-bond acceptors (Lipinski definition) is 1. The summed E-state index contributed by atoms with van der Waals surface area (Å²) in [5.74, 6) is 0.933. The predicted molar refractivity (Wildman–Crippen MR) is 273 cm³/mol. The first-order valence-corrected chi connectivity index (χ1v) is 22.3. The molecule has 0 spiro atoms. The van der Waals surface area contributed by atoms with Crippen LogP contribution < -0.4 is 0 Å². The van der Waals surface area contributed by atoms with Gasteiger partial charge in [0.25, 0.3) is 0 Å². The Morgan fingerprint density at radius 3 is 1.55 bits per heavy atom. The fourth-order valence-electron chi connectivity index (χ4n) is 10.8. The maximum absolute atomic E-state index is 5.12. The molecule has 0 bridgehead atoms. The van der Waals surface area contributed by atoms with E-state index in [1.54, 1.807) is 0 Å². The van der Waals surface area contributed by atoms with Gasteiger partial charge >= 0.3 is 0 Å². The third-order valence-electron chi connectivity index (χ3n) is 13.6. The lowest BCUT2D eigenvalue weighted by atomic mass is 9.89. The van der Waals surface area contributed by atoms with E-state index in [0.717, 1.165) is 39.5 Å². The summed E-state index contributed by atoms with van der Waals surface area (Å²) in [6.07, 6.45) is 0. The Morgan fingerprint density at radius 1 is 0.277 bits per heavy atom. The van der Waals surface area contributed by atoms with Crippen LogP contribution in [0.5, 0.6) is 0 Å². The lowest BCUT2D eigenvalue weighted by Gasteiger charge is -2.17. The maximum atomic E-state index is 5.12. The fraction of sp³-hybridized carbons (Fsp3) is 0. The van der Waals surface area contributed by atoms with Crippen molar-refractivity contribution >= 4 is 87.0 Å². The predicted octanol–water partition coefficient (Wildman–Crippen LogP) is 16.0. The summed E-state index contributed by atoms with van der Waals surface area (Å²) in [6.45, 7) is 0. The molecule has 0 aliphatic rings. The largest absolute Gasteiger partial charge is 0.309 e. The van der Waals surface area contributed by atoms with Crippen molar-refractivity contribution in [3.63, 3.8) is 0 Å². The van der Waals surface area contributed by atoms with Crippen LogP contribution in [0.2, 0.25) is 0 Å². The van der Waals surface area contributed by atoms with Crippen molar-refractivity contribution in [2.45, 2.75) is 0 Å². The summed E-state index contributed by atoms with van der Waals surface area (Å²) in [6, 6.07) is 83.9. The summed E-state index contributed by atoms with van der Waals surface area (Å²) in [5.41, 5.74) is 13.7. The highest BCUT2D eigenvalue weighted by molar-refractivity contribution is 6.37. The van der Waals surface area contributed by atoms with E-state index in [2.05, 4.69) is 244 Å². The van der Waals surface area contributed by atoms with Crippen molar-refractivity contribution in [1.82, 2.24) is 18.7 Å². The van der Waals surface area contributed by atoms with Crippen LogP contribution in [0, 0.1) is 0 Å². The average Bonchev–Trinajstić information content (AvgIpc) is 4.05. The van der Waals surface area contributed by atoms with Crippen LogP contribution >= 0.6 is 0 Å². The van der Waals surface area contributed by atoms with Gasteiger partial charge < -0.3 is 9.13 Å². The number of imidazole rings is 1. The van der Waals surface area contributed by atoms with Gasteiger partial charge in [0.05, 0.1) is 33.1 Å². The van der Waals surface area contributed by atoms with E-state index in [4.69, 9.17) is 4.98 Å². The molecule has 0 saturated heterocycles. The molecule has 4 nitrogen and oxygen atoms in total. The second kappa shape index (κ2) is 13.9. The number of fused-ring (bicyclic) bond motifs is 14. The molecule has 0 fully saturated rings. The summed E-state index contributed by atoms with van der Waals surface area (Å²) in [5, 5.41) is 12.5. The van der Waals surface area contributed by atoms with Gasteiger partial charge in [-0.1, -0.05) is 158 Å². The zero-order chi connectivity index (χ0) is 42.6. The van der Waals surface area contributed by atoms with Gasteiger partial charge in [0.15, 0.2) is 0 Å². The molecule has 14 aromatic rings. The molecule has 0 aliphatic heterocycles. The van der Waals surface area contributed by atoms with Crippen molar-refractivity contribution in [3.8, 4) is 39.6 Å². The number of aromatic nitrogens is 4. The summed E-state index contributed by atoms with van der Waals surface area (Å²) < 4.78 is 7.21. The molecule has 302 valence electrons. The standard InChI is InChI=1S/C61H38N4/c1-3-17-40(18-4-1)61-62-53-27-13-16-30-57(53)65(61)42-33-31-39(32-34-42)50-38-52-45-22-8-10-25-48(45)58-49-26-12-15-29-55(49)64(60(58)59(52)47-24-9-7-21-44(47)50)43-35-36-56-51(37-43)46-23-11-14-28-54(46)63(56)41-19-5-2-6-20-41/h1-38H. The van der Waals surface area contributed by atoms with Crippen molar-refractivity contribution < 1.29 is 0 Å². The molecular weight excluding hydrogens is 789 g/mol. The smallest absolute Gasteiger partial charge is 0.145 e. The minimum Gasteiger partial charge on any atom is -0.309 e. The third kappa shape index (κ3) is 5.22. The lowest BCUT2D eigenvalue weighted by molar-refractivity contribution is 1.10. The Labute approximate surface area is 374 Å². The van der Waals surface area contributed by atoms with Gasteiger partial charge in [0, 0.05) is 49.6 Å². The normalized spacial score (nSPS) is 12.0. The number of nitrogens with zero attached hydrogens (tertiary/aromatic N) is 4. The molecule has 0 N–H and O–H groups in total. The second-order valence-corrected chi connectivity index (χ2v) is 17.1. The number of hydrogen-bond donors (Lipinski definition) is 0. The average molecular weight is 827 g/mol. The van der Waals surface area contributed by atoms with E-state index in [9.17, 15) is 0 Å². The Balaban J connectivity index is 1.04. The first-order chi connectivity index (χ1) is 32.3. The first-order valence-electron chi connectivity index (χ1n) is 22.3. The minimum absolute atomic E-state index is 0.933. The molecule has 0 saturated carbocycles. The van der Waals surface area contributed by atoms with Gasteiger partial charge in [-0.2, -0.15) is 0 Å². The molecule has 0 atom stereocenters. The van der Waals surface area contributed by atoms with Crippen LogP contribution in [-0.2, 0) is 0 Å². The van der Waals surface area contributed by atoms with Gasteiger partial charge in [-0.15, -0.1) is 0 Å². The molecule has 65 heavy (non-hydrogen) atoms. The van der Waals surface area contributed by atoms with E-state index in [0.29, 0.717) is 0 Å². The van der Waals surface area contributed by atoms with Crippen molar-refractivity contribution in [1.29, 1.82) is 0 Å². The van der Waals surface area contributed by atoms with E-state index < -0.39 is 0 Å². The van der Waals surface area contributed by atoms with Crippen molar-refractivity contribution in [3.05, 3.63) is 231 Å². The highest BCUT2D eigenvalue weighted by atomic mass is 15.1. The van der Waals surface area contributed by atoms with Crippen LogP contribution in [0.4, 0.5) is 0 Å². The third-order valence-corrected chi connectivity index (χ3v) is 13.6. The monoisotopic (exact) mass is 826 g/mol. The molecule has 0 aliphatic carbocycles. The van der Waals surface area contributed by atoms with E-state index >= 15 is 0 Å². The van der Waals surface area contributed by atoms with Gasteiger partial charge in [0.1, 0.15) is 5.82 Å². The number of para-hydroxylation sites is 5. The molecule has 3 aromatic heterocycles. The maximum Gasteiger partial charge on any atom is 0.145 e. The topological polar surface area (TPSA) is 27.7 Å². The highest BCUT2D eigenvalue weighted by Gasteiger charge is 2.23. The summed E-state index contributed by atoms with van der Waals surface area (Å²) in [7, 11) is 0. The molecular formula is C61H38N4. The Bertz CT molecular complexity index is 4210. The van der Waals surface area contributed by atoms with Gasteiger partial charge in [-0.3, -0.25) is 4.57 Å². The molecule has 14 rings (SSSR count). The quantitative estimate of drug-likeness (QED) is 0.159. The lowest BCUT2D eigenvalue weighted by Crippen LogP contribution is -1.98. The summed E-state index contributed by atoms with van der Waals surface area (Å²) in [4.78, 5) is 5.12. The minimum atomic E-state index is 0.933. The number of benzene rings is 11. The molecule has 4 heteroatoms. The Morgan fingerprint density at radius 2 is 0.800 bits per heavy atom. The molecule has 3 heterocycles. The zero-order valence-electron chi connectivity index (χ0n) is 35.2. The summed E-state index contributed by atoms with van der Waals surface area (Å²) >= 11 is 0. The van der Waals surface area contributed by atoms with Gasteiger partial charge in [-0.25, -0.2) is 4.98 Å².